The third-order valence-corrected chi connectivity index (χ3v) is 5.01. The van der Waals surface area contributed by atoms with E-state index in [1.165, 1.54) is 32.1 Å². The van der Waals surface area contributed by atoms with Crippen LogP contribution in [0.4, 0.5) is 0 Å². The minimum absolute atomic E-state index is 0.0472. The quantitative estimate of drug-likeness (QED) is 0.785. The van der Waals surface area contributed by atoms with E-state index >= 15 is 0 Å². The molecule has 4 aliphatic carbocycles. The molecule has 17 heavy (non-hydrogen) atoms. The number of nitrogens with two attached hydrogens (primary N) is 1. The first-order chi connectivity index (χ1) is 8.07. The van der Waals surface area contributed by atoms with Crippen LogP contribution in [0.5, 0.6) is 0 Å². The van der Waals surface area contributed by atoms with Gasteiger partial charge in [0.25, 0.3) is 0 Å². The monoisotopic (exact) mass is 233 g/mol. The van der Waals surface area contributed by atoms with Gasteiger partial charge in [0.1, 0.15) is 0 Å². The van der Waals surface area contributed by atoms with E-state index in [-0.39, 0.29) is 11.1 Å². The highest BCUT2D eigenvalue weighted by Gasteiger charge is 2.58. The molecule has 4 fully saturated rings. The summed E-state index contributed by atoms with van der Waals surface area (Å²) >= 11 is 0. The van der Waals surface area contributed by atoms with Gasteiger partial charge in [0.15, 0.2) is 5.82 Å². The lowest BCUT2D eigenvalue weighted by Crippen LogP contribution is -2.63. The van der Waals surface area contributed by atoms with Crippen molar-refractivity contribution >= 4 is 0 Å². The van der Waals surface area contributed by atoms with E-state index in [0.717, 1.165) is 24.1 Å². The van der Waals surface area contributed by atoms with Crippen LogP contribution in [0.25, 0.3) is 0 Å². The van der Waals surface area contributed by atoms with Crippen LogP contribution in [0, 0.1) is 18.8 Å². The normalized spacial score (nSPS) is 47.6. The minimum atomic E-state index is 0.0472. The summed E-state index contributed by atoms with van der Waals surface area (Å²) < 4.78 is 0. The summed E-state index contributed by atoms with van der Waals surface area (Å²) in [6.45, 7) is 1.90. The molecular formula is C12H19N5. The summed E-state index contributed by atoms with van der Waals surface area (Å²) in [5.74, 6) is 2.34. The maximum absolute atomic E-state index is 6.56. The molecule has 0 spiro atoms. The lowest BCUT2D eigenvalue weighted by molar-refractivity contribution is -0.0709. The van der Waals surface area contributed by atoms with Crippen LogP contribution in [0.1, 0.15) is 44.3 Å². The smallest absolute Gasteiger partial charge is 0.171 e. The lowest BCUT2D eigenvalue weighted by Gasteiger charge is -2.59. The van der Waals surface area contributed by atoms with Gasteiger partial charge in [-0.25, -0.2) is 0 Å². The number of nitrogens with zero attached hydrogens (tertiary/aromatic N) is 4. The first-order valence-electron chi connectivity index (χ1n) is 6.63. The molecule has 5 rings (SSSR count). The van der Waals surface area contributed by atoms with Crippen LogP contribution >= 0.6 is 0 Å². The van der Waals surface area contributed by atoms with Crippen molar-refractivity contribution in [1.29, 1.82) is 0 Å². The Morgan fingerprint density at radius 1 is 1.24 bits per heavy atom. The third-order valence-electron chi connectivity index (χ3n) is 5.01. The molecule has 0 amide bonds. The van der Waals surface area contributed by atoms with Gasteiger partial charge in [0.05, 0.1) is 5.54 Å². The van der Waals surface area contributed by atoms with Crippen molar-refractivity contribution in [2.45, 2.75) is 56.5 Å². The Morgan fingerprint density at radius 2 is 1.94 bits per heavy atom. The standard InChI is InChI=1S/C12H19N5/c1-8-14-16-17(15-8)12-5-9-2-10(6-12)4-11(13,3-9)7-12/h9-10H,2-7,13H2,1H3/t9-,10+,11?,12?. The molecule has 4 atom stereocenters. The van der Waals surface area contributed by atoms with Crippen molar-refractivity contribution in [1.82, 2.24) is 20.2 Å². The molecule has 1 aromatic heterocycles. The third kappa shape index (κ3) is 1.32. The number of rotatable bonds is 1. The van der Waals surface area contributed by atoms with E-state index in [1.807, 2.05) is 11.7 Å². The Bertz CT molecular complexity index is 451. The van der Waals surface area contributed by atoms with Crippen LogP contribution in [0.2, 0.25) is 0 Å². The zero-order chi connectivity index (χ0) is 11.7. The molecule has 0 saturated heterocycles. The Labute approximate surface area is 101 Å². The van der Waals surface area contributed by atoms with Gasteiger partial charge >= 0.3 is 0 Å². The van der Waals surface area contributed by atoms with Crippen LogP contribution in [-0.4, -0.2) is 25.7 Å². The highest BCUT2D eigenvalue weighted by Crippen LogP contribution is 2.59. The number of aromatic nitrogens is 4. The molecule has 5 nitrogen and oxygen atoms in total. The summed E-state index contributed by atoms with van der Waals surface area (Å²) in [6, 6.07) is 0. The average Bonchev–Trinajstić information content (AvgIpc) is 2.61. The van der Waals surface area contributed by atoms with E-state index in [2.05, 4.69) is 15.4 Å². The van der Waals surface area contributed by atoms with E-state index in [1.54, 1.807) is 0 Å². The van der Waals surface area contributed by atoms with Crippen molar-refractivity contribution in [2.75, 3.05) is 0 Å². The average molecular weight is 233 g/mol. The predicted octanol–water partition coefficient (Wildman–Crippen LogP) is 0.988. The largest absolute Gasteiger partial charge is 0.325 e. The molecule has 0 radical (unpaired) electrons. The van der Waals surface area contributed by atoms with Gasteiger partial charge in [-0.05, 0) is 62.5 Å². The highest BCUT2D eigenvalue weighted by atomic mass is 15.6. The van der Waals surface area contributed by atoms with Crippen molar-refractivity contribution in [3.05, 3.63) is 5.82 Å². The predicted molar refractivity (Wildman–Crippen MR) is 62.1 cm³/mol. The molecule has 1 heterocycles. The van der Waals surface area contributed by atoms with Gasteiger partial charge < -0.3 is 5.73 Å². The summed E-state index contributed by atoms with van der Waals surface area (Å²) in [4.78, 5) is 1.89. The van der Waals surface area contributed by atoms with E-state index < -0.39 is 0 Å². The van der Waals surface area contributed by atoms with Crippen molar-refractivity contribution < 1.29 is 0 Å². The Balaban J connectivity index is 1.79. The van der Waals surface area contributed by atoms with Gasteiger partial charge in [-0.1, -0.05) is 0 Å². The fraction of sp³-hybridized carbons (Fsp3) is 0.917. The van der Waals surface area contributed by atoms with Crippen molar-refractivity contribution in [3.8, 4) is 0 Å². The van der Waals surface area contributed by atoms with E-state index in [0.29, 0.717) is 0 Å². The molecule has 92 valence electrons. The number of hydrogen-bond donors (Lipinski definition) is 1. The van der Waals surface area contributed by atoms with Crippen molar-refractivity contribution in [3.63, 3.8) is 0 Å². The van der Waals surface area contributed by atoms with Crippen LogP contribution < -0.4 is 5.73 Å². The summed E-state index contributed by atoms with van der Waals surface area (Å²) in [5.41, 5.74) is 6.69. The zero-order valence-corrected chi connectivity index (χ0v) is 10.3. The second-order valence-electron chi connectivity index (χ2n) is 6.67. The number of hydrogen-bond acceptors (Lipinski definition) is 4. The molecule has 2 unspecified atom stereocenters. The topological polar surface area (TPSA) is 69.6 Å². The summed E-state index contributed by atoms with van der Waals surface area (Å²) in [5, 5.41) is 12.8. The van der Waals surface area contributed by atoms with Crippen molar-refractivity contribution in [2.24, 2.45) is 17.6 Å². The van der Waals surface area contributed by atoms with Gasteiger partial charge in [0, 0.05) is 5.54 Å². The SMILES string of the molecule is Cc1nnn(C23C[C@@H]4C[C@@H](CC(N)(C4)C2)C3)n1. The summed E-state index contributed by atoms with van der Waals surface area (Å²) in [6.07, 6.45) is 7.24. The first-order valence-corrected chi connectivity index (χ1v) is 6.63. The molecule has 2 N–H and O–H groups in total. The molecule has 4 bridgehead atoms. The van der Waals surface area contributed by atoms with Gasteiger partial charge in [-0.2, -0.15) is 4.80 Å². The molecule has 4 aliphatic rings. The van der Waals surface area contributed by atoms with E-state index in [9.17, 15) is 0 Å². The maximum atomic E-state index is 6.56. The van der Waals surface area contributed by atoms with E-state index in [4.69, 9.17) is 5.73 Å². The Morgan fingerprint density at radius 3 is 2.47 bits per heavy atom. The molecule has 0 aromatic carbocycles. The van der Waals surface area contributed by atoms with Gasteiger partial charge in [0.2, 0.25) is 0 Å². The van der Waals surface area contributed by atoms with Gasteiger partial charge in [-0.3, -0.25) is 0 Å². The molecular weight excluding hydrogens is 214 g/mol. The highest BCUT2D eigenvalue weighted by molar-refractivity contribution is 5.11. The van der Waals surface area contributed by atoms with Crippen LogP contribution in [-0.2, 0) is 5.54 Å². The summed E-state index contributed by atoms with van der Waals surface area (Å²) in [7, 11) is 0. The Kier molecular flexibility index (Phi) is 1.70. The molecule has 0 aliphatic heterocycles. The minimum Gasteiger partial charge on any atom is -0.325 e. The maximum Gasteiger partial charge on any atom is 0.171 e. The Hall–Kier alpha value is -0.970. The number of aryl methyl sites for hydroxylation is 1. The number of tetrazole rings is 1. The fourth-order valence-electron chi connectivity index (χ4n) is 5.00. The molecule has 1 aromatic rings. The molecule has 5 heteroatoms. The lowest BCUT2D eigenvalue weighted by atomic mass is 9.50. The van der Waals surface area contributed by atoms with Crippen LogP contribution in [0.15, 0.2) is 0 Å². The van der Waals surface area contributed by atoms with Crippen LogP contribution in [0.3, 0.4) is 0 Å². The zero-order valence-electron chi connectivity index (χ0n) is 10.3. The second kappa shape index (κ2) is 2.88. The fourth-order valence-corrected chi connectivity index (χ4v) is 5.00. The molecule has 4 saturated carbocycles. The first kappa shape index (κ1) is 10.00. The van der Waals surface area contributed by atoms with Gasteiger partial charge in [-0.15, -0.1) is 10.2 Å². The second-order valence-corrected chi connectivity index (χ2v) is 6.67.